The van der Waals surface area contributed by atoms with Crippen LogP contribution in [0.1, 0.15) is 0 Å². The molecule has 1 aromatic carbocycles. The number of rotatable bonds is 1. The fourth-order valence-electron chi connectivity index (χ4n) is 1.38. The number of aromatic nitrogens is 1. The molecule has 2 rings (SSSR count). The molecule has 0 amide bonds. The number of pyridine rings is 1. The van der Waals surface area contributed by atoms with E-state index in [1.165, 1.54) is 12.1 Å². The first-order valence-electron chi connectivity index (χ1n) is 4.33. The van der Waals surface area contributed by atoms with E-state index < -0.39 is 12.1 Å². The van der Waals surface area contributed by atoms with Crippen molar-refractivity contribution in [2.75, 3.05) is 0 Å². The van der Waals surface area contributed by atoms with Gasteiger partial charge in [-0.2, -0.15) is 4.73 Å². The summed E-state index contributed by atoms with van der Waals surface area (Å²) in [7, 11) is 0. The summed E-state index contributed by atoms with van der Waals surface area (Å²) < 4.78 is 39.8. The third-order valence-electron chi connectivity index (χ3n) is 1.95. The lowest BCUT2D eigenvalue weighted by atomic mass is 10.2. The van der Waals surface area contributed by atoms with E-state index in [9.17, 15) is 18.4 Å². The van der Waals surface area contributed by atoms with Crippen LogP contribution in [0.15, 0.2) is 36.5 Å². The number of hydrogen-bond acceptors (Lipinski definition) is 2. The largest absolute Gasteiger partial charge is 0.618 e. The average Bonchev–Trinajstić information content (AvgIpc) is 2.15. The van der Waals surface area contributed by atoms with Crippen molar-refractivity contribution < 1.29 is 22.6 Å². The third-order valence-corrected chi connectivity index (χ3v) is 1.95. The normalized spacial score (nSPS) is 11.7. The van der Waals surface area contributed by atoms with Crippen LogP contribution in [0.4, 0.5) is 13.2 Å². The lowest BCUT2D eigenvalue weighted by Gasteiger charge is -2.09. The van der Waals surface area contributed by atoms with Crippen molar-refractivity contribution in [2.24, 2.45) is 0 Å². The van der Waals surface area contributed by atoms with Crippen molar-refractivity contribution in [1.82, 2.24) is 0 Å². The van der Waals surface area contributed by atoms with E-state index in [2.05, 4.69) is 4.74 Å². The van der Waals surface area contributed by atoms with Crippen LogP contribution in [0, 0.1) is 5.21 Å². The third kappa shape index (κ3) is 2.16. The summed E-state index contributed by atoms with van der Waals surface area (Å²) in [6.45, 7) is 0. The lowest BCUT2D eigenvalue weighted by molar-refractivity contribution is -0.578. The summed E-state index contributed by atoms with van der Waals surface area (Å²) in [5, 5.41) is 11.7. The van der Waals surface area contributed by atoms with E-state index in [4.69, 9.17) is 0 Å². The summed E-state index contributed by atoms with van der Waals surface area (Å²) in [5.74, 6) is -0.527. The number of hydrogen-bond donors (Lipinski definition) is 0. The quantitative estimate of drug-likeness (QED) is 0.556. The highest BCUT2D eigenvalue weighted by Crippen LogP contribution is 2.23. The lowest BCUT2D eigenvalue weighted by Crippen LogP contribution is -2.28. The molecule has 0 fully saturated rings. The fraction of sp³-hybridized carbons (Fsp3) is 0.100. The van der Waals surface area contributed by atoms with E-state index >= 15 is 0 Å². The zero-order chi connectivity index (χ0) is 11.8. The predicted molar refractivity (Wildman–Crippen MR) is 49.6 cm³/mol. The maximum Gasteiger partial charge on any atom is 0.573 e. The summed E-state index contributed by atoms with van der Waals surface area (Å²) in [6, 6.07) is 7.46. The maximum absolute atomic E-state index is 11.9. The molecular formula is C10H6F3NO2. The van der Waals surface area contributed by atoms with Crippen LogP contribution in [0.25, 0.3) is 10.9 Å². The molecule has 0 bridgehead atoms. The minimum atomic E-state index is -4.80. The standard InChI is InChI=1S/C10H6F3NO2/c11-10(12,13)16-8-5-7-3-1-2-4-9(7)14(15)6-8/h1-6H. The first-order valence-corrected chi connectivity index (χ1v) is 4.33. The number of benzene rings is 1. The Labute approximate surface area is 88.3 Å². The van der Waals surface area contributed by atoms with Gasteiger partial charge in [0.2, 0.25) is 11.7 Å². The molecule has 0 aliphatic heterocycles. The number of ether oxygens (including phenoxy) is 1. The Morgan fingerprint density at radius 1 is 1.19 bits per heavy atom. The van der Waals surface area contributed by atoms with Crippen molar-refractivity contribution >= 4 is 10.9 Å². The first kappa shape index (κ1) is 10.5. The zero-order valence-electron chi connectivity index (χ0n) is 7.86. The van der Waals surface area contributed by atoms with Crippen LogP contribution in [-0.2, 0) is 0 Å². The second-order valence-corrected chi connectivity index (χ2v) is 3.11. The topological polar surface area (TPSA) is 36.2 Å². The molecular weight excluding hydrogens is 223 g/mol. The van der Waals surface area contributed by atoms with Gasteiger partial charge in [0.05, 0.1) is 5.39 Å². The summed E-state index contributed by atoms with van der Waals surface area (Å²) in [5.41, 5.74) is 0.289. The van der Waals surface area contributed by atoms with Gasteiger partial charge in [-0.3, -0.25) is 0 Å². The second-order valence-electron chi connectivity index (χ2n) is 3.11. The van der Waals surface area contributed by atoms with Gasteiger partial charge in [0.1, 0.15) is 0 Å². The Kier molecular flexibility index (Phi) is 2.34. The Balaban J connectivity index is 2.50. The molecule has 6 heteroatoms. The maximum atomic E-state index is 11.9. The van der Waals surface area contributed by atoms with E-state index in [0.717, 1.165) is 12.3 Å². The van der Waals surface area contributed by atoms with Gasteiger partial charge in [0.15, 0.2) is 5.75 Å². The van der Waals surface area contributed by atoms with Crippen molar-refractivity contribution in [1.29, 1.82) is 0 Å². The van der Waals surface area contributed by atoms with Gasteiger partial charge in [0, 0.05) is 12.1 Å². The molecule has 84 valence electrons. The Bertz CT molecular complexity index is 525. The smallest absolute Gasteiger partial charge is 0.573 e. The minimum absolute atomic E-state index is 0.289. The molecule has 3 nitrogen and oxygen atoms in total. The van der Waals surface area contributed by atoms with Crippen molar-refractivity contribution in [3.63, 3.8) is 0 Å². The summed E-state index contributed by atoms with van der Waals surface area (Å²) in [6.07, 6.45) is -4.05. The molecule has 0 saturated heterocycles. The van der Waals surface area contributed by atoms with Crippen LogP contribution in [-0.4, -0.2) is 6.36 Å². The van der Waals surface area contributed by atoms with Crippen LogP contribution in [0.5, 0.6) is 5.75 Å². The summed E-state index contributed by atoms with van der Waals surface area (Å²) >= 11 is 0. The highest BCUT2D eigenvalue weighted by atomic mass is 19.4. The fourth-order valence-corrected chi connectivity index (χ4v) is 1.38. The van der Waals surface area contributed by atoms with Crippen molar-refractivity contribution in [3.8, 4) is 5.75 Å². The molecule has 0 aliphatic rings. The van der Waals surface area contributed by atoms with E-state index in [1.54, 1.807) is 12.1 Å². The van der Waals surface area contributed by atoms with E-state index in [-0.39, 0.29) is 5.52 Å². The van der Waals surface area contributed by atoms with Crippen LogP contribution in [0.2, 0.25) is 0 Å². The van der Waals surface area contributed by atoms with E-state index in [0.29, 0.717) is 10.1 Å². The number of para-hydroxylation sites is 1. The Hall–Kier alpha value is -1.98. The van der Waals surface area contributed by atoms with Crippen molar-refractivity contribution in [3.05, 3.63) is 41.7 Å². The first-order chi connectivity index (χ1) is 7.46. The molecule has 16 heavy (non-hydrogen) atoms. The molecule has 1 aromatic heterocycles. The zero-order valence-corrected chi connectivity index (χ0v) is 7.86. The SMILES string of the molecule is [O-][n+]1cc(OC(F)(F)F)cc2ccccc21. The number of alkyl halides is 3. The Morgan fingerprint density at radius 3 is 2.56 bits per heavy atom. The molecule has 0 saturated carbocycles. The van der Waals surface area contributed by atoms with Gasteiger partial charge in [0.25, 0.3) is 0 Å². The highest BCUT2D eigenvalue weighted by molar-refractivity contribution is 5.76. The van der Waals surface area contributed by atoms with Gasteiger partial charge < -0.3 is 9.94 Å². The summed E-state index contributed by atoms with van der Waals surface area (Å²) in [4.78, 5) is 0. The molecule has 2 aromatic rings. The number of nitrogens with zero attached hydrogens (tertiary/aromatic N) is 1. The molecule has 1 heterocycles. The molecule has 0 N–H and O–H groups in total. The molecule has 0 atom stereocenters. The minimum Gasteiger partial charge on any atom is -0.618 e. The van der Waals surface area contributed by atoms with Gasteiger partial charge in [-0.1, -0.05) is 12.1 Å². The van der Waals surface area contributed by atoms with Gasteiger partial charge in [-0.05, 0) is 6.07 Å². The van der Waals surface area contributed by atoms with Gasteiger partial charge in [-0.25, -0.2) is 0 Å². The van der Waals surface area contributed by atoms with Crippen molar-refractivity contribution in [2.45, 2.75) is 6.36 Å². The number of fused-ring (bicyclic) bond motifs is 1. The molecule has 0 radical (unpaired) electrons. The van der Waals surface area contributed by atoms with Crippen LogP contribution < -0.4 is 9.47 Å². The average molecular weight is 229 g/mol. The van der Waals surface area contributed by atoms with Gasteiger partial charge in [-0.15, -0.1) is 13.2 Å². The highest BCUT2D eigenvalue weighted by Gasteiger charge is 2.32. The predicted octanol–water partition coefficient (Wildman–Crippen LogP) is 2.37. The monoisotopic (exact) mass is 229 g/mol. The Morgan fingerprint density at radius 2 is 1.88 bits per heavy atom. The van der Waals surface area contributed by atoms with E-state index in [1.807, 2.05) is 0 Å². The molecule has 0 aliphatic carbocycles. The number of halogens is 3. The van der Waals surface area contributed by atoms with Crippen LogP contribution >= 0.6 is 0 Å². The van der Waals surface area contributed by atoms with Gasteiger partial charge >= 0.3 is 6.36 Å². The molecule has 0 spiro atoms. The second kappa shape index (κ2) is 3.55. The van der Waals surface area contributed by atoms with Crippen LogP contribution in [0.3, 0.4) is 0 Å². The molecule has 0 unspecified atom stereocenters.